The van der Waals surface area contributed by atoms with Crippen molar-refractivity contribution in [1.29, 1.82) is 0 Å². The Kier molecular flexibility index (Phi) is 4.64. The number of carbonyl (C=O) groups excluding carboxylic acids is 2. The van der Waals surface area contributed by atoms with E-state index in [1.165, 1.54) is 13.8 Å². The van der Waals surface area contributed by atoms with Gasteiger partial charge in [-0.25, -0.2) is 0 Å². The Bertz CT molecular complexity index is 186. The molecule has 0 spiro atoms. The molecule has 0 aromatic carbocycles. The number of nitrogens with one attached hydrogen (secondary N) is 2. The Morgan fingerprint density at radius 2 is 1.69 bits per heavy atom. The maximum Gasteiger partial charge on any atom is 0.220 e. The van der Waals surface area contributed by atoms with Gasteiger partial charge in [-0.05, 0) is 0 Å². The highest BCUT2D eigenvalue weighted by Gasteiger charge is 2.28. The molecule has 0 aliphatic carbocycles. The summed E-state index contributed by atoms with van der Waals surface area (Å²) in [6.07, 6.45) is 0.496. The standard InChI is InChI=1S/C7H16N2O3Si/c1-4-7(12-13,8-5(2)10)9-6(3)11/h4H2,1-3,13H3,(H,8,10)(H,9,11). The minimum Gasteiger partial charge on any atom is -0.391 e. The molecular formula is C7H16N2O3Si. The van der Waals surface area contributed by atoms with E-state index in [1.807, 2.05) is 6.92 Å². The number of rotatable bonds is 4. The first-order valence-electron chi connectivity index (χ1n) is 4.08. The van der Waals surface area contributed by atoms with Crippen LogP contribution in [0.2, 0.25) is 0 Å². The monoisotopic (exact) mass is 204 g/mol. The van der Waals surface area contributed by atoms with Gasteiger partial charge < -0.3 is 15.1 Å². The summed E-state index contributed by atoms with van der Waals surface area (Å²) in [5.41, 5.74) is 0. The summed E-state index contributed by atoms with van der Waals surface area (Å²) in [5.74, 6) is -1.47. The van der Waals surface area contributed by atoms with Gasteiger partial charge in [-0.3, -0.25) is 9.59 Å². The van der Waals surface area contributed by atoms with E-state index in [-0.39, 0.29) is 11.8 Å². The average molecular weight is 204 g/mol. The molecule has 0 unspecified atom stereocenters. The minimum absolute atomic E-state index is 0.230. The van der Waals surface area contributed by atoms with Crippen molar-refractivity contribution in [3.8, 4) is 0 Å². The Labute approximate surface area is 80.8 Å². The van der Waals surface area contributed by atoms with Crippen molar-refractivity contribution in [3.05, 3.63) is 0 Å². The topological polar surface area (TPSA) is 67.4 Å². The molecule has 5 nitrogen and oxygen atoms in total. The molecule has 0 atom stereocenters. The van der Waals surface area contributed by atoms with Crippen molar-refractivity contribution in [3.63, 3.8) is 0 Å². The summed E-state index contributed by atoms with van der Waals surface area (Å²) < 4.78 is 5.18. The maximum atomic E-state index is 10.8. The number of hydrogen-bond acceptors (Lipinski definition) is 3. The van der Waals surface area contributed by atoms with Crippen molar-refractivity contribution < 1.29 is 14.0 Å². The van der Waals surface area contributed by atoms with Crippen LogP contribution in [0.1, 0.15) is 27.2 Å². The predicted octanol–water partition coefficient (Wildman–Crippen LogP) is -1.38. The fraction of sp³-hybridized carbons (Fsp3) is 0.714. The van der Waals surface area contributed by atoms with Crippen molar-refractivity contribution in [2.75, 3.05) is 0 Å². The first kappa shape index (κ1) is 12.1. The summed E-state index contributed by atoms with van der Waals surface area (Å²) in [5, 5.41) is 5.13. The molecule has 2 N–H and O–H groups in total. The summed E-state index contributed by atoms with van der Waals surface area (Å²) in [6.45, 7) is 4.59. The van der Waals surface area contributed by atoms with Gasteiger partial charge in [0.1, 0.15) is 0 Å². The fourth-order valence-electron chi connectivity index (χ4n) is 1.02. The zero-order chi connectivity index (χ0) is 10.5. The normalized spacial score (nSPS) is 11.0. The SMILES string of the molecule is CCC(NC(C)=O)(NC(C)=O)O[SiH3]. The van der Waals surface area contributed by atoms with Gasteiger partial charge in [0.05, 0.1) is 0 Å². The lowest BCUT2D eigenvalue weighted by atomic mass is 10.3. The van der Waals surface area contributed by atoms with Gasteiger partial charge in [-0.1, -0.05) is 6.92 Å². The van der Waals surface area contributed by atoms with E-state index < -0.39 is 5.85 Å². The lowest BCUT2D eigenvalue weighted by molar-refractivity contribution is -0.133. The summed E-state index contributed by atoms with van der Waals surface area (Å²) >= 11 is 0. The largest absolute Gasteiger partial charge is 0.391 e. The van der Waals surface area contributed by atoms with E-state index >= 15 is 0 Å². The predicted molar refractivity (Wildman–Crippen MR) is 51.7 cm³/mol. The van der Waals surface area contributed by atoms with E-state index in [2.05, 4.69) is 10.6 Å². The molecule has 0 rings (SSSR count). The van der Waals surface area contributed by atoms with Gasteiger partial charge in [0, 0.05) is 20.3 Å². The summed E-state index contributed by atoms with van der Waals surface area (Å²) in [6, 6.07) is 0. The molecular weight excluding hydrogens is 188 g/mol. The number of hydrogen-bond donors (Lipinski definition) is 2. The minimum atomic E-state index is -1.01. The average Bonchev–Trinajstić information content (AvgIpc) is 2.01. The van der Waals surface area contributed by atoms with Crippen LogP contribution < -0.4 is 10.6 Å². The van der Waals surface area contributed by atoms with Gasteiger partial charge in [0.25, 0.3) is 0 Å². The molecule has 0 aliphatic rings. The van der Waals surface area contributed by atoms with Gasteiger partial charge in [-0.2, -0.15) is 0 Å². The highest BCUT2D eigenvalue weighted by Crippen LogP contribution is 2.05. The van der Waals surface area contributed by atoms with Crippen LogP contribution in [0, 0.1) is 0 Å². The maximum absolute atomic E-state index is 10.8. The zero-order valence-corrected chi connectivity index (χ0v) is 10.4. The second kappa shape index (κ2) is 4.98. The summed E-state index contributed by atoms with van der Waals surface area (Å²) in [7, 11) is 0.437. The van der Waals surface area contributed by atoms with Gasteiger partial charge in [-0.15, -0.1) is 0 Å². The van der Waals surface area contributed by atoms with Crippen LogP contribution in [0.3, 0.4) is 0 Å². The third kappa shape index (κ3) is 4.04. The molecule has 6 heteroatoms. The molecule has 2 amide bonds. The summed E-state index contributed by atoms with van der Waals surface area (Å²) in [4.78, 5) is 21.7. The third-order valence-electron chi connectivity index (χ3n) is 1.60. The molecule has 0 aromatic heterocycles. The van der Waals surface area contributed by atoms with Crippen LogP contribution in [0.5, 0.6) is 0 Å². The molecule has 0 aromatic rings. The Morgan fingerprint density at radius 1 is 1.31 bits per heavy atom. The van der Waals surface area contributed by atoms with Gasteiger partial charge in [0.2, 0.25) is 17.7 Å². The smallest absolute Gasteiger partial charge is 0.220 e. The van der Waals surface area contributed by atoms with E-state index in [1.54, 1.807) is 0 Å². The van der Waals surface area contributed by atoms with Crippen LogP contribution >= 0.6 is 0 Å². The highest BCUT2D eigenvalue weighted by molar-refractivity contribution is 5.98. The second-order valence-corrected chi connectivity index (χ2v) is 3.16. The lowest BCUT2D eigenvalue weighted by Crippen LogP contribution is -2.61. The van der Waals surface area contributed by atoms with Crippen LogP contribution in [0.15, 0.2) is 0 Å². The molecule has 0 saturated carbocycles. The Morgan fingerprint density at radius 3 is 1.85 bits per heavy atom. The van der Waals surface area contributed by atoms with Crippen LogP contribution in [-0.4, -0.2) is 28.1 Å². The van der Waals surface area contributed by atoms with Crippen molar-refractivity contribution in [2.24, 2.45) is 0 Å². The van der Waals surface area contributed by atoms with Crippen molar-refractivity contribution in [1.82, 2.24) is 10.6 Å². The molecule has 0 aliphatic heterocycles. The van der Waals surface area contributed by atoms with Crippen LogP contribution in [-0.2, 0) is 14.0 Å². The van der Waals surface area contributed by atoms with Crippen molar-refractivity contribution >= 4 is 22.3 Å². The van der Waals surface area contributed by atoms with Gasteiger partial charge in [0.15, 0.2) is 10.5 Å². The first-order chi connectivity index (χ1) is 5.95. The van der Waals surface area contributed by atoms with Gasteiger partial charge >= 0.3 is 0 Å². The Hall–Kier alpha value is -0.883. The zero-order valence-electron chi connectivity index (χ0n) is 8.43. The molecule has 0 bridgehead atoms. The fourth-order valence-corrected chi connectivity index (χ4v) is 1.52. The van der Waals surface area contributed by atoms with E-state index in [4.69, 9.17) is 4.43 Å². The van der Waals surface area contributed by atoms with E-state index in [0.717, 1.165) is 0 Å². The molecule has 0 fully saturated rings. The third-order valence-corrected chi connectivity index (χ3v) is 2.30. The number of carbonyl (C=O) groups is 2. The van der Waals surface area contributed by atoms with E-state index in [9.17, 15) is 9.59 Å². The number of amides is 2. The quantitative estimate of drug-likeness (QED) is 0.438. The van der Waals surface area contributed by atoms with Crippen LogP contribution in [0.4, 0.5) is 0 Å². The molecule has 0 radical (unpaired) electrons. The molecule has 0 saturated heterocycles. The Balaban J connectivity index is 4.48. The second-order valence-electron chi connectivity index (χ2n) is 2.75. The first-order valence-corrected chi connectivity index (χ1v) is 4.90. The van der Waals surface area contributed by atoms with Crippen molar-refractivity contribution in [2.45, 2.75) is 33.0 Å². The van der Waals surface area contributed by atoms with E-state index in [0.29, 0.717) is 16.9 Å². The lowest BCUT2D eigenvalue weighted by Gasteiger charge is -2.32. The highest BCUT2D eigenvalue weighted by atomic mass is 28.2. The van der Waals surface area contributed by atoms with Crippen LogP contribution in [0.25, 0.3) is 0 Å². The molecule has 76 valence electrons. The molecule has 13 heavy (non-hydrogen) atoms. The molecule has 0 heterocycles.